The molecule has 1 saturated carbocycles. The number of aliphatic hydroxyl groups is 1. The summed E-state index contributed by atoms with van der Waals surface area (Å²) in [5.74, 6) is 1.07. The van der Waals surface area contributed by atoms with Gasteiger partial charge in [-0.15, -0.1) is 0 Å². The summed E-state index contributed by atoms with van der Waals surface area (Å²) in [5, 5.41) is 11.9. The number of fused-ring (bicyclic) bond motifs is 1. The zero-order chi connectivity index (χ0) is 20.5. The molecule has 6 nitrogen and oxygen atoms in total. The van der Waals surface area contributed by atoms with Crippen LogP contribution in [0.1, 0.15) is 69.8 Å². The Balaban J connectivity index is 1.45. The van der Waals surface area contributed by atoms with Crippen molar-refractivity contribution < 1.29 is 19.4 Å². The van der Waals surface area contributed by atoms with Crippen LogP contribution in [0.5, 0.6) is 5.75 Å². The van der Waals surface area contributed by atoms with Crippen molar-refractivity contribution in [3.05, 3.63) is 23.8 Å². The Labute approximate surface area is 173 Å². The fourth-order valence-corrected chi connectivity index (χ4v) is 4.30. The normalized spacial score (nSPS) is 16.8. The summed E-state index contributed by atoms with van der Waals surface area (Å²) in [6, 6.07) is 6.11. The summed E-state index contributed by atoms with van der Waals surface area (Å²) in [7, 11) is 0. The van der Waals surface area contributed by atoms with Gasteiger partial charge in [0.2, 0.25) is 11.8 Å². The van der Waals surface area contributed by atoms with Crippen LogP contribution in [0.25, 0.3) is 0 Å². The van der Waals surface area contributed by atoms with E-state index in [4.69, 9.17) is 9.84 Å². The maximum Gasteiger partial charge on any atom is 0.224 e. The molecule has 1 aliphatic carbocycles. The Bertz CT molecular complexity index is 685. The smallest absolute Gasteiger partial charge is 0.224 e. The number of nitrogens with one attached hydrogen (secondary N) is 1. The van der Waals surface area contributed by atoms with E-state index in [1.54, 1.807) is 0 Å². The first-order valence-electron chi connectivity index (χ1n) is 11.1. The predicted molar refractivity (Wildman–Crippen MR) is 113 cm³/mol. The second-order valence-corrected chi connectivity index (χ2v) is 8.13. The minimum Gasteiger partial charge on any atom is -0.494 e. The highest BCUT2D eigenvalue weighted by molar-refractivity contribution is 5.94. The second kappa shape index (κ2) is 11.2. The topological polar surface area (TPSA) is 78.9 Å². The van der Waals surface area contributed by atoms with Crippen molar-refractivity contribution >= 4 is 17.5 Å². The van der Waals surface area contributed by atoms with Crippen LogP contribution in [0.2, 0.25) is 0 Å². The van der Waals surface area contributed by atoms with Crippen LogP contribution in [0.4, 0.5) is 5.69 Å². The fraction of sp³-hybridized carbons (Fsp3) is 0.652. The molecule has 2 N–H and O–H groups in total. The molecular weight excluding hydrogens is 368 g/mol. The summed E-state index contributed by atoms with van der Waals surface area (Å²) in [6.07, 6.45) is 9.94. The zero-order valence-electron chi connectivity index (χ0n) is 17.3. The Morgan fingerprint density at radius 1 is 1.14 bits per heavy atom. The molecule has 29 heavy (non-hydrogen) atoms. The molecule has 1 fully saturated rings. The summed E-state index contributed by atoms with van der Waals surface area (Å²) in [6.45, 7) is 1.44. The SMILES string of the molecule is O=C1CCc2cc(OCCCC(=O)N(CCCCO)C3CCCCC3)ccc2N1. The van der Waals surface area contributed by atoms with Crippen molar-refractivity contribution in [1.29, 1.82) is 0 Å². The summed E-state index contributed by atoms with van der Waals surface area (Å²) < 4.78 is 5.86. The van der Waals surface area contributed by atoms with E-state index in [2.05, 4.69) is 10.2 Å². The first kappa shape index (κ1) is 21.6. The third-order valence-corrected chi connectivity index (χ3v) is 5.92. The van der Waals surface area contributed by atoms with E-state index in [9.17, 15) is 9.59 Å². The third kappa shape index (κ3) is 6.46. The van der Waals surface area contributed by atoms with Gasteiger partial charge in [-0.2, -0.15) is 0 Å². The molecular formula is C23H34N2O4. The number of ether oxygens (including phenoxy) is 1. The molecule has 2 aliphatic rings. The van der Waals surface area contributed by atoms with E-state index in [0.717, 1.165) is 55.6 Å². The maximum absolute atomic E-state index is 12.8. The summed E-state index contributed by atoms with van der Waals surface area (Å²) >= 11 is 0. The van der Waals surface area contributed by atoms with Crippen molar-refractivity contribution in [2.75, 3.05) is 25.1 Å². The van der Waals surface area contributed by atoms with Gasteiger partial charge in [-0.05, 0) is 62.3 Å². The molecule has 0 radical (unpaired) electrons. The van der Waals surface area contributed by atoms with Gasteiger partial charge < -0.3 is 20.1 Å². The van der Waals surface area contributed by atoms with Crippen LogP contribution >= 0.6 is 0 Å². The Hall–Kier alpha value is -2.08. The van der Waals surface area contributed by atoms with Crippen LogP contribution in [0.15, 0.2) is 18.2 Å². The lowest BCUT2D eigenvalue weighted by atomic mass is 9.93. The minimum absolute atomic E-state index is 0.0613. The molecule has 6 heteroatoms. The summed E-state index contributed by atoms with van der Waals surface area (Å²) in [4.78, 5) is 26.4. The van der Waals surface area contributed by atoms with Crippen molar-refractivity contribution in [3.8, 4) is 5.75 Å². The lowest BCUT2D eigenvalue weighted by Crippen LogP contribution is -2.42. The molecule has 3 rings (SSSR count). The number of benzene rings is 1. The number of nitrogens with zero attached hydrogens (tertiary/aromatic N) is 1. The van der Waals surface area contributed by atoms with Crippen LogP contribution in [-0.2, 0) is 16.0 Å². The highest BCUT2D eigenvalue weighted by Gasteiger charge is 2.24. The van der Waals surface area contributed by atoms with Crippen molar-refractivity contribution in [2.24, 2.45) is 0 Å². The predicted octanol–water partition coefficient (Wildman–Crippen LogP) is 3.66. The van der Waals surface area contributed by atoms with Crippen LogP contribution in [0.3, 0.4) is 0 Å². The molecule has 1 heterocycles. The highest BCUT2D eigenvalue weighted by Crippen LogP contribution is 2.27. The molecule has 1 aromatic rings. The van der Waals surface area contributed by atoms with Gasteiger partial charge in [0.15, 0.2) is 0 Å². The standard InChI is InChI=1S/C23H34N2O4/c26-15-5-4-14-25(19-7-2-1-3-8-19)23(28)9-6-16-29-20-11-12-21-18(17-20)10-13-22(27)24-21/h11-12,17,19,26H,1-10,13-16H2,(H,24,27). The van der Waals surface area contributed by atoms with Gasteiger partial charge >= 0.3 is 0 Å². The molecule has 1 aromatic carbocycles. The Morgan fingerprint density at radius 3 is 2.76 bits per heavy atom. The maximum atomic E-state index is 12.8. The largest absolute Gasteiger partial charge is 0.494 e. The molecule has 0 atom stereocenters. The second-order valence-electron chi connectivity index (χ2n) is 8.13. The van der Waals surface area contributed by atoms with Gasteiger partial charge in [0, 0.05) is 37.7 Å². The van der Waals surface area contributed by atoms with Crippen LogP contribution in [-0.4, -0.2) is 47.6 Å². The van der Waals surface area contributed by atoms with E-state index < -0.39 is 0 Å². The number of hydrogen-bond acceptors (Lipinski definition) is 4. The number of rotatable bonds is 10. The molecule has 1 aliphatic heterocycles. The number of amides is 2. The Morgan fingerprint density at radius 2 is 1.97 bits per heavy atom. The van der Waals surface area contributed by atoms with Gasteiger partial charge in [-0.3, -0.25) is 9.59 Å². The summed E-state index contributed by atoms with van der Waals surface area (Å²) in [5.41, 5.74) is 1.97. The fourth-order valence-electron chi connectivity index (χ4n) is 4.30. The first-order valence-corrected chi connectivity index (χ1v) is 11.1. The minimum atomic E-state index is 0.0613. The number of carbonyl (C=O) groups excluding carboxylic acids is 2. The monoisotopic (exact) mass is 402 g/mol. The lowest BCUT2D eigenvalue weighted by Gasteiger charge is -2.34. The number of anilines is 1. The quantitative estimate of drug-likeness (QED) is 0.586. The average molecular weight is 403 g/mol. The van der Waals surface area contributed by atoms with E-state index in [1.165, 1.54) is 19.3 Å². The molecule has 0 aromatic heterocycles. The zero-order valence-corrected chi connectivity index (χ0v) is 17.3. The van der Waals surface area contributed by atoms with Crippen molar-refractivity contribution in [3.63, 3.8) is 0 Å². The van der Waals surface area contributed by atoms with Crippen molar-refractivity contribution in [1.82, 2.24) is 4.90 Å². The van der Waals surface area contributed by atoms with E-state index >= 15 is 0 Å². The van der Waals surface area contributed by atoms with E-state index in [0.29, 0.717) is 31.9 Å². The number of aliphatic hydroxyl groups excluding tert-OH is 1. The molecule has 2 amide bonds. The van der Waals surface area contributed by atoms with Gasteiger partial charge in [-0.25, -0.2) is 0 Å². The van der Waals surface area contributed by atoms with Crippen LogP contribution in [0, 0.1) is 0 Å². The Kier molecular flexibility index (Phi) is 8.35. The van der Waals surface area contributed by atoms with E-state index in [1.807, 2.05) is 18.2 Å². The molecule has 0 unspecified atom stereocenters. The average Bonchev–Trinajstić information content (AvgIpc) is 2.75. The number of aryl methyl sites for hydroxylation is 1. The van der Waals surface area contributed by atoms with Crippen molar-refractivity contribution in [2.45, 2.75) is 76.7 Å². The number of hydrogen-bond donors (Lipinski definition) is 2. The molecule has 0 bridgehead atoms. The third-order valence-electron chi connectivity index (χ3n) is 5.92. The number of carbonyl (C=O) groups is 2. The molecule has 0 saturated heterocycles. The van der Waals surface area contributed by atoms with Gasteiger partial charge in [0.25, 0.3) is 0 Å². The van der Waals surface area contributed by atoms with Crippen LogP contribution < -0.4 is 10.1 Å². The lowest BCUT2D eigenvalue weighted by molar-refractivity contribution is -0.134. The highest BCUT2D eigenvalue weighted by atomic mass is 16.5. The number of unbranched alkanes of at least 4 members (excludes halogenated alkanes) is 1. The van der Waals surface area contributed by atoms with Gasteiger partial charge in [-0.1, -0.05) is 19.3 Å². The van der Waals surface area contributed by atoms with Gasteiger partial charge in [0.05, 0.1) is 6.61 Å². The van der Waals surface area contributed by atoms with E-state index in [-0.39, 0.29) is 18.4 Å². The molecule has 0 spiro atoms. The first-order chi connectivity index (χ1) is 14.2. The van der Waals surface area contributed by atoms with Gasteiger partial charge in [0.1, 0.15) is 5.75 Å². The molecule has 160 valence electrons.